The van der Waals surface area contributed by atoms with Crippen molar-refractivity contribution in [2.45, 2.75) is 13.8 Å². The van der Waals surface area contributed by atoms with Gasteiger partial charge in [-0.2, -0.15) is 0 Å². The van der Waals surface area contributed by atoms with Gasteiger partial charge in [-0.05, 0) is 44.2 Å². The molecule has 0 unspecified atom stereocenters. The molecule has 2 aromatic rings. The molecular formula is C16H15ClN2O3. The van der Waals surface area contributed by atoms with Crippen molar-refractivity contribution in [2.75, 3.05) is 10.6 Å². The smallest absolute Gasteiger partial charge is 0.291 e. The van der Waals surface area contributed by atoms with Crippen LogP contribution in [0.1, 0.15) is 24.4 Å². The molecule has 0 saturated heterocycles. The van der Waals surface area contributed by atoms with Gasteiger partial charge in [-0.25, -0.2) is 0 Å². The van der Waals surface area contributed by atoms with Crippen LogP contribution in [0.2, 0.25) is 5.02 Å². The van der Waals surface area contributed by atoms with E-state index in [1.165, 1.54) is 12.3 Å². The summed E-state index contributed by atoms with van der Waals surface area (Å²) in [5.41, 5.74) is 1.71. The van der Waals surface area contributed by atoms with Gasteiger partial charge in [-0.15, -0.1) is 0 Å². The average Bonchev–Trinajstić information content (AvgIpc) is 2.95. The van der Waals surface area contributed by atoms with Crippen LogP contribution < -0.4 is 10.6 Å². The number of allylic oxidation sites excluding steroid dienone is 1. The van der Waals surface area contributed by atoms with Gasteiger partial charge < -0.3 is 15.1 Å². The molecule has 0 aliphatic heterocycles. The fourth-order valence-corrected chi connectivity index (χ4v) is 1.92. The lowest BCUT2D eigenvalue weighted by atomic mass is 10.2. The molecular weight excluding hydrogens is 304 g/mol. The van der Waals surface area contributed by atoms with Gasteiger partial charge in [0.2, 0.25) is 5.91 Å². The van der Waals surface area contributed by atoms with E-state index in [1.54, 1.807) is 30.3 Å². The molecule has 0 saturated carbocycles. The largest absolute Gasteiger partial charge is 0.459 e. The summed E-state index contributed by atoms with van der Waals surface area (Å²) in [5, 5.41) is 5.80. The Morgan fingerprint density at radius 3 is 2.55 bits per heavy atom. The zero-order chi connectivity index (χ0) is 16.1. The second-order valence-electron chi connectivity index (χ2n) is 4.83. The van der Waals surface area contributed by atoms with Crippen molar-refractivity contribution in [1.82, 2.24) is 0 Å². The number of furan rings is 1. The van der Waals surface area contributed by atoms with Crippen molar-refractivity contribution in [3.8, 4) is 0 Å². The molecule has 0 radical (unpaired) electrons. The highest BCUT2D eigenvalue weighted by Crippen LogP contribution is 2.26. The van der Waals surface area contributed by atoms with Gasteiger partial charge in [0.1, 0.15) is 0 Å². The van der Waals surface area contributed by atoms with Crippen molar-refractivity contribution in [2.24, 2.45) is 0 Å². The summed E-state index contributed by atoms with van der Waals surface area (Å²) in [6.07, 6.45) is 2.87. The first-order valence-corrected chi connectivity index (χ1v) is 6.94. The molecule has 0 aliphatic rings. The molecule has 6 heteroatoms. The molecule has 0 atom stereocenters. The summed E-state index contributed by atoms with van der Waals surface area (Å²) in [5.74, 6) is -0.539. The van der Waals surface area contributed by atoms with Gasteiger partial charge in [0.25, 0.3) is 5.91 Å². The third-order valence-corrected chi connectivity index (χ3v) is 2.89. The molecule has 1 aromatic carbocycles. The lowest BCUT2D eigenvalue weighted by molar-refractivity contribution is -0.111. The summed E-state index contributed by atoms with van der Waals surface area (Å²) >= 11 is 5.95. The molecule has 0 bridgehead atoms. The molecule has 1 heterocycles. The van der Waals surface area contributed by atoms with Crippen LogP contribution in [-0.2, 0) is 4.79 Å². The van der Waals surface area contributed by atoms with Crippen molar-refractivity contribution in [3.63, 3.8) is 0 Å². The van der Waals surface area contributed by atoms with Gasteiger partial charge in [0.05, 0.1) is 17.6 Å². The van der Waals surface area contributed by atoms with E-state index in [0.717, 1.165) is 5.57 Å². The molecule has 0 aliphatic carbocycles. The number of anilines is 2. The van der Waals surface area contributed by atoms with Gasteiger partial charge in [-0.1, -0.05) is 17.2 Å². The molecule has 2 amide bonds. The predicted octanol–water partition coefficient (Wildman–Crippen LogP) is 4.09. The van der Waals surface area contributed by atoms with Crippen LogP contribution in [0.3, 0.4) is 0 Å². The Labute approximate surface area is 133 Å². The highest BCUT2D eigenvalue weighted by molar-refractivity contribution is 6.31. The van der Waals surface area contributed by atoms with E-state index >= 15 is 0 Å². The third-order valence-electron chi connectivity index (χ3n) is 2.65. The zero-order valence-corrected chi connectivity index (χ0v) is 12.9. The minimum absolute atomic E-state index is 0.168. The topological polar surface area (TPSA) is 71.3 Å². The molecule has 22 heavy (non-hydrogen) atoms. The van der Waals surface area contributed by atoms with Gasteiger partial charge in [0.15, 0.2) is 5.76 Å². The number of hydrogen-bond acceptors (Lipinski definition) is 3. The molecule has 1 aromatic heterocycles. The fourth-order valence-electron chi connectivity index (χ4n) is 1.75. The molecule has 5 nitrogen and oxygen atoms in total. The first-order chi connectivity index (χ1) is 10.5. The fraction of sp³-hybridized carbons (Fsp3) is 0.125. The van der Waals surface area contributed by atoms with Crippen LogP contribution in [0.5, 0.6) is 0 Å². The van der Waals surface area contributed by atoms with Gasteiger partial charge in [-0.3, -0.25) is 9.59 Å². The van der Waals surface area contributed by atoms with Crippen molar-refractivity contribution in [3.05, 3.63) is 59.0 Å². The van der Waals surface area contributed by atoms with Crippen LogP contribution in [0.25, 0.3) is 0 Å². The van der Waals surface area contributed by atoms with E-state index in [-0.39, 0.29) is 11.7 Å². The summed E-state index contributed by atoms with van der Waals surface area (Å²) in [6, 6.07) is 7.96. The number of benzene rings is 1. The van der Waals surface area contributed by atoms with Crippen LogP contribution in [-0.4, -0.2) is 11.8 Å². The SMILES string of the molecule is CC(C)=CC(=O)Nc1ccc(Cl)cc1NC(=O)c1ccco1. The van der Waals surface area contributed by atoms with Crippen molar-refractivity contribution < 1.29 is 14.0 Å². The maximum atomic E-state index is 12.0. The van der Waals surface area contributed by atoms with Crippen LogP contribution in [0.4, 0.5) is 11.4 Å². The van der Waals surface area contributed by atoms with Crippen molar-refractivity contribution in [1.29, 1.82) is 0 Å². The molecule has 0 spiro atoms. The number of halogens is 1. The summed E-state index contributed by atoms with van der Waals surface area (Å²) in [7, 11) is 0. The standard InChI is InChI=1S/C16H15ClN2O3/c1-10(2)8-15(20)18-12-6-5-11(17)9-13(12)19-16(21)14-4-3-7-22-14/h3-9H,1-2H3,(H,18,20)(H,19,21). The minimum atomic E-state index is -0.426. The van der Waals surface area contributed by atoms with Gasteiger partial charge >= 0.3 is 0 Å². The molecule has 0 fully saturated rings. The van der Waals surface area contributed by atoms with E-state index in [0.29, 0.717) is 16.4 Å². The third kappa shape index (κ3) is 4.23. The lowest BCUT2D eigenvalue weighted by Gasteiger charge is -2.11. The Morgan fingerprint density at radius 1 is 1.14 bits per heavy atom. The maximum Gasteiger partial charge on any atom is 0.291 e. The summed E-state index contributed by atoms with van der Waals surface area (Å²) in [6.45, 7) is 3.64. The highest BCUT2D eigenvalue weighted by atomic mass is 35.5. The second kappa shape index (κ2) is 6.95. The minimum Gasteiger partial charge on any atom is -0.459 e. The van der Waals surface area contributed by atoms with Gasteiger partial charge in [0, 0.05) is 11.1 Å². The van der Waals surface area contributed by atoms with Crippen LogP contribution in [0, 0.1) is 0 Å². The zero-order valence-electron chi connectivity index (χ0n) is 12.1. The molecule has 2 N–H and O–H groups in total. The molecule has 114 valence electrons. The Morgan fingerprint density at radius 2 is 1.91 bits per heavy atom. The number of rotatable bonds is 4. The Balaban J connectivity index is 2.22. The van der Waals surface area contributed by atoms with E-state index in [9.17, 15) is 9.59 Å². The van der Waals surface area contributed by atoms with E-state index in [2.05, 4.69) is 10.6 Å². The quantitative estimate of drug-likeness (QED) is 0.834. The van der Waals surface area contributed by atoms with E-state index < -0.39 is 5.91 Å². The van der Waals surface area contributed by atoms with Crippen LogP contribution >= 0.6 is 11.6 Å². The Kier molecular flexibility index (Phi) is 5.01. The second-order valence-corrected chi connectivity index (χ2v) is 5.27. The number of nitrogens with one attached hydrogen (secondary N) is 2. The lowest BCUT2D eigenvalue weighted by Crippen LogP contribution is -2.15. The number of amides is 2. The Hall–Kier alpha value is -2.53. The van der Waals surface area contributed by atoms with E-state index in [4.69, 9.17) is 16.0 Å². The normalized spacial score (nSPS) is 9.95. The maximum absolute atomic E-state index is 12.0. The number of carbonyl (C=O) groups excluding carboxylic acids is 2. The van der Waals surface area contributed by atoms with Crippen LogP contribution in [0.15, 0.2) is 52.7 Å². The predicted molar refractivity (Wildman–Crippen MR) is 86.2 cm³/mol. The number of carbonyl (C=O) groups is 2. The van der Waals surface area contributed by atoms with E-state index in [1.807, 2.05) is 13.8 Å². The molecule has 2 rings (SSSR count). The summed E-state index contributed by atoms with van der Waals surface area (Å²) < 4.78 is 5.03. The first kappa shape index (κ1) is 15.9. The van der Waals surface area contributed by atoms with Crippen molar-refractivity contribution >= 4 is 34.8 Å². The Bertz CT molecular complexity index is 717. The number of hydrogen-bond donors (Lipinski definition) is 2. The highest BCUT2D eigenvalue weighted by Gasteiger charge is 2.13. The summed E-state index contributed by atoms with van der Waals surface area (Å²) in [4.78, 5) is 23.9. The first-order valence-electron chi connectivity index (χ1n) is 6.56. The monoisotopic (exact) mass is 318 g/mol. The average molecular weight is 319 g/mol.